The van der Waals surface area contributed by atoms with Crippen molar-refractivity contribution in [2.75, 3.05) is 0 Å². The highest BCUT2D eigenvalue weighted by atomic mass is 19.4. The van der Waals surface area contributed by atoms with Crippen LogP contribution in [0.25, 0.3) is 0 Å². The smallest absolute Gasteiger partial charge is 0.366 e. The predicted molar refractivity (Wildman–Crippen MR) is 68.3 cm³/mol. The molecule has 0 aromatic heterocycles. The summed E-state index contributed by atoms with van der Waals surface area (Å²) >= 11 is 0. The fourth-order valence-electron chi connectivity index (χ4n) is 1.64. The molecule has 0 amide bonds. The third kappa shape index (κ3) is 4.00. The Balaban J connectivity index is 2.96. The number of hydrogen-bond donors (Lipinski definition) is 1. The molecule has 1 nitrogen and oxygen atoms in total. The van der Waals surface area contributed by atoms with E-state index in [0.29, 0.717) is 6.42 Å². The van der Waals surface area contributed by atoms with Crippen molar-refractivity contribution in [3.8, 4) is 11.8 Å². The summed E-state index contributed by atoms with van der Waals surface area (Å²) in [4.78, 5) is 0. The molecule has 0 bridgehead atoms. The van der Waals surface area contributed by atoms with Crippen LogP contribution in [0.2, 0.25) is 0 Å². The zero-order chi connectivity index (χ0) is 14.4. The van der Waals surface area contributed by atoms with Gasteiger partial charge in [-0.05, 0) is 6.42 Å². The van der Waals surface area contributed by atoms with E-state index < -0.39 is 11.8 Å². The van der Waals surface area contributed by atoms with Crippen LogP contribution < -0.4 is 0 Å². The number of hydrogen-bond acceptors (Lipinski definition) is 1. The van der Waals surface area contributed by atoms with Gasteiger partial charge in [0.05, 0.1) is 0 Å². The fourth-order valence-corrected chi connectivity index (χ4v) is 1.64. The van der Waals surface area contributed by atoms with Crippen LogP contribution >= 0.6 is 0 Å². The highest BCUT2D eigenvalue weighted by Crippen LogP contribution is 2.38. The van der Waals surface area contributed by atoms with Crippen molar-refractivity contribution in [2.24, 2.45) is 0 Å². The number of aliphatic hydroxyl groups is 1. The summed E-state index contributed by atoms with van der Waals surface area (Å²) in [6, 6.07) is 6.95. The van der Waals surface area contributed by atoms with Crippen LogP contribution in [0.5, 0.6) is 0 Å². The van der Waals surface area contributed by atoms with Gasteiger partial charge in [-0.2, -0.15) is 13.2 Å². The molecule has 0 spiro atoms. The van der Waals surface area contributed by atoms with E-state index in [1.165, 1.54) is 24.3 Å². The molecule has 104 valence electrons. The van der Waals surface area contributed by atoms with E-state index >= 15 is 0 Å². The number of rotatable bonds is 4. The Labute approximate surface area is 111 Å². The maximum absolute atomic E-state index is 13.0. The van der Waals surface area contributed by atoms with Gasteiger partial charge in [0.15, 0.2) is 0 Å². The van der Waals surface area contributed by atoms with Gasteiger partial charge >= 0.3 is 6.18 Å². The van der Waals surface area contributed by atoms with E-state index in [0.717, 1.165) is 19.3 Å². The molecule has 1 aromatic carbocycles. The van der Waals surface area contributed by atoms with Crippen molar-refractivity contribution in [1.82, 2.24) is 0 Å². The van der Waals surface area contributed by atoms with Gasteiger partial charge in [-0.25, -0.2) is 0 Å². The van der Waals surface area contributed by atoms with Crippen LogP contribution in [0.4, 0.5) is 13.2 Å². The van der Waals surface area contributed by atoms with E-state index in [9.17, 15) is 18.3 Å². The van der Waals surface area contributed by atoms with Gasteiger partial charge in [0.1, 0.15) is 0 Å². The van der Waals surface area contributed by atoms with Crippen molar-refractivity contribution in [2.45, 2.75) is 44.4 Å². The van der Waals surface area contributed by atoms with Gasteiger partial charge < -0.3 is 5.11 Å². The lowest BCUT2D eigenvalue weighted by atomic mass is 9.93. The van der Waals surface area contributed by atoms with Crippen LogP contribution in [-0.2, 0) is 5.60 Å². The van der Waals surface area contributed by atoms with E-state index in [4.69, 9.17) is 0 Å². The third-order valence-electron chi connectivity index (χ3n) is 2.78. The average molecular weight is 270 g/mol. The summed E-state index contributed by atoms with van der Waals surface area (Å²) in [5.41, 5.74) is -3.33. The highest BCUT2D eigenvalue weighted by Gasteiger charge is 2.54. The summed E-state index contributed by atoms with van der Waals surface area (Å²) in [5.74, 6) is 4.44. The number of benzene rings is 1. The minimum Gasteiger partial charge on any atom is -0.366 e. The quantitative estimate of drug-likeness (QED) is 0.647. The molecule has 4 heteroatoms. The second-order valence-electron chi connectivity index (χ2n) is 4.33. The first-order chi connectivity index (χ1) is 8.92. The fraction of sp³-hybridized carbons (Fsp3) is 0.467. The first-order valence-electron chi connectivity index (χ1n) is 6.26. The number of halogens is 3. The van der Waals surface area contributed by atoms with Crippen LogP contribution in [0.1, 0.15) is 38.2 Å². The van der Waals surface area contributed by atoms with Crippen molar-refractivity contribution in [1.29, 1.82) is 0 Å². The molecule has 0 aliphatic carbocycles. The molecule has 19 heavy (non-hydrogen) atoms. The lowest BCUT2D eigenvalue weighted by molar-refractivity contribution is -0.240. The maximum atomic E-state index is 13.0. The molecule has 0 fully saturated rings. The lowest BCUT2D eigenvalue weighted by Gasteiger charge is -2.25. The zero-order valence-electron chi connectivity index (χ0n) is 10.8. The van der Waals surface area contributed by atoms with Crippen LogP contribution in [0, 0.1) is 11.8 Å². The van der Waals surface area contributed by atoms with Crippen molar-refractivity contribution in [3.05, 3.63) is 35.9 Å². The van der Waals surface area contributed by atoms with E-state index in [2.05, 4.69) is 5.92 Å². The standard InChI is InChI=1S/C15H17F3O/c1-2-3-4-5-9-12-14(19,15(16,17)18)13-10-7-6-8-11-13/h6-8,10-11,19H,2-5H2,1H3. The molecule has 0 aliphatic rings. The minimum atomic E-state index is -4.81. The van der Waals surface area contributed by atoms with E-state index in [1.807, 2.05) is 12.8 Å². The van der Waals surface area contributed by atoms with Gasteiger partial charge in [0, 0.05) is 12.0 Å². The molecular formula is C15H17F3O. The summed E-state index contributed by atoms with van der Waals surface area (Å²) in [6.07, 6.45) is -1.81. The lowest BCUT2D eigenvalue weighted by Crippen LogP contribution is -2.41. The first kappa shape index (κ1) is 15.6. The Morgan fingerprint density at radius 3 is 2.26 bits per heavy atom. The maximum Gasteiger partial charge on any atom is 0.433 e. The van der Waals surface area contributed by atoms with E-state index in [-0.39, 0.29) is 5.56 Å². The molecule has 0 saturated heterocycles. The molecule has 0 heterocycles. The topological polar surface area (TPSA) is 20.2 Å². The summed E-state index contributed by atoms with van der Waals surface area (Å²) in [5, 5.41) is 9.88. The normalized spacial score (nSPS) is 14.4. The van der Waals surface area contributed by atoms with Gasteiger partial charge in [-0.1, -0.05) is 61.9 Å². The van der Waals surface area contributed by atoms with E-state index in [1.54, 1.807) is 6.07 Å². The van der Waals surface area contributed by atoms with Crippen molar-refractivity contribution < 1.29 is 18.3 Å². The number of unbranched alkanes of at least 4 members (excludes halogenated alkanes) is 3. The molecule has 0 saturated carbocycles. The molecule has 0 radical (unpaired) electrons. The second kappa shape index (κ2) is 6.63. The van der Waals surface area contributed by atoms with Gasteiger partial charge in [0.2, 0.25) is 5.60 Å². The van der Waals surface area contributed by atoms with Crippen LogP contribution in [-0.4, -0.2) is 11.3 Å². The average Bonchev–Trinajstić information content (AvgIpc) is 2.38. The molecule has 1 aromatic rings. The largest absolute Gasteiger partial charge is 0.433 e. The minimum absolute atomic E-state index is 0.245. The molecular weight excluding hydrogens is 253 g/mol. The highest BCUT2D eigenvalue weighted by molar-refractivity contribution is 5.33. The second-order valence-corrected chi connectivity index (χ2v) is 4.33. The Kier molecular flexibility index (Phi) is 5.44. The zero-order valence-corrected chi connectivity index (χ0v) is 10.8. The predicted octanol–water partition coefficient (Wildman–Crippen LogP) is 4.02. The summed E-state index contributed by atoms with van der Waals surface area (Å²) in [7, 11) is 0. The van der Waals surface area contributed by atoms with Gasteiger partial charge in [0.25, 0.3) is 0 Å². The van der Waals surface area contributed by atoms with Crippen molar-refractivity contribution in [3.63, 3.8) is 0 Å². The molecule has 1 N–H and O–H groups in total. The Morgan fingerprint density at radius 2 is 1.74 bits per heavy atom. The number of alkyl halides is 3. The Morgan fingerprint density at radius 1 is 1.11 bits per heavy atom. The summed E-state index contributed by atoms with van der Waals surface area (Å²) < 4.78 is 39.0. The molecule has 1 rings (SSSR count). The van der Waals surface area contributed by atoms with Crippen LogP contribution in [0.15, 0.2) is 30.3 Å². The molecule has 1 atom stereocenters. The Hall–Kier alpha value is -1.47. The molecule has 1 unspecified atom stereocenters. The van der Waals surface area contributed by atoms with Crippen molar-refractivity contribution >= 4 is 0 Å². The first-order valence-corrected chi connectivity index (χ1v) is 6.26. The summed E-state index contributed by atoms with van der Waals surface area (Å²) in [6.45, 7) is 2.00. The molecule has 0 aliphatic heterocycles. The van der Waals surface area contributed by atoms with Gasteiger partial charge in [-0.15, -0.1) is 0 Å². The monoisotopic (exact) mass is 270 g/mol. The Bertz CT molecular complexity index is 442. The van der Waals surface area contributed by atoms with Gasteiger partial charge in [-0.3, -0.25) is 0 Å². The third-order valence-corrected chi connectivity index (χ3v) is 2.78. The van der Waals surface area contributed by atoms with Crippen LogP contribution in [0.3, 0.4) is 0 Å². The SMILES string of the molecule is CCCCCC#CC(O)(c1ccccc1)C(F)(F)F.